The van der Waals surface area contributed by atoms with Crippen LogP contribution in [0.15, 0.2) is 24.8 Å². The lowest BCUT2D eigenvalue weighted by Crippen LogP contribution is -2.25. The molecule has 0 atom stereocenters. The first-order chi connectivity index (χ1) is 7.69. The Labute approximate surface area is 95.0 Å². The molecule has 0 saturated carbocycles. The smallest absolute Gasteiger partial charge is 0.231 e. The van der Waals surface area contributed by atoms with Crippen molar-refractivity contribution in [3.8, 4) is 5.75 Å². The molecule has 84 valence electrons. The first-order valence-electron chi connectivity index (χ1n) is 5.44. The van der Waals surface area contributed by atoms with Crippen molar-refractivity contribution in [3.05, 3.63) is 35.9 Å². The minimum absolute atomic E-state index is 0.105. The van der Waals surface area contributed by atoms with E-state index >= 15 is 0 Å². The van der Waals surface area contributed by atoms with Crippen LogP contribution in [0.1, 0.15) is 18.1 Å². The highest BCUT2D eigenvalue weighted by atomic mass is 16.3. The molecule has 1 aromatic rings. The number of hydrogen-bond acceptors (Lipinski definition) is 2. The van der Waals surface area contributed by atoms with Crippen molar-refractivity contribution in [1.29, 1.82) is 0 Å². The van der Waals surface area contributed by atoms with Gasteiger partial charge >= 0.3 is 0 Å². The molecular weight excluding hydrogens is 202 g/mol. The van der Waals surface area contributed by atoms with Crippen molar-refractivity contribution in [1.82, 2.24) is 0 Å². The Morgan fingerprint density at radius 3 is 2.94 bits per heavy atom. The zero-order valence-corrected chi connectivity index (χ0v) is 9.36. The van der Waals surface area contributed by atoms with Crippen molar-refractivity contribution >= 4 is 11.6 Å². The summed E-state index contributed by atoms with van der Waals surface area (Å²) in [4.78, 5) is 13.5. The Hall–Kier alpha value is -1.77. The van der Waals surface area contributed by atoms with Crippen LogP contribution in [-0.2, 0) is 17.6 Å². The number of carbonyl (C=O) groups is 1. The summed E-state index contributed by atoms with van der Waals surface area (Å²) in [5.74, 6) is 0.359. The van der Waals surface area contributed by atoms with E-state index in [0.717, 1.165) is 16.8 Å². The van der Waals surface area contributed by atoms with Gasteiger partial charge in [0.1, 0.15) is 5.75 Å². The molecule has 0 fully saturated rings. The maximum absolute atomic E-state index is 11.7. The van der Waals surface area contributed by atoms with Gasteiger partial charge in [0, 0.05) is 17.8 Å². The zero-order chi connectivity index (χ0) is 11.7. The number of hydrogen-bond donors (Lipinski definition) is 1. The van der Waals surface area contributed by atoms with E-state index in [1.165, 1.54) is 0 Å². The Morgan fingerprint density at radius 2 is 2.31 bits per heavy atom. The monoisotopic (exact) mass is 217 g/mol. The number of rotatable bonds is 3. The minimum atomic E-state index is 0.105. The fraction of sp³-hybridized carbons (Fsp3) is 0.308. The van der Waals surface area contributed by atoms with Crippen LogP contribution in [0.5, 0.6) is 5.75 Å². The van der Waals surface area contributed by atoms with Crippen molar-refractivity contribution < 1.29 is 9.90 Å². The largest absolute Gasteiger partial charge is 0.508 e. The number of fused-ring (bicyclic) bond motifs is 1. The maximum atomic E-state index is 11.7. The minimum Gasteiger partial charge on any atom is -0.508 e. The second-order valence-electron chi connectivity index (χ2n) is 3.87. The highest BCUT2D eigenvalue weighted by Gasteiger charge is 2.28. The van der Waals surface area contributed by atoms with E-state index in [2.05, 4.69) is 6.58 Å². The number of anilines is 1. The van der Waals surface area contributed by atoms with Crippen LogP contribution in [0.3, 0.4) is 0 Å². The highest BCUT2D eigenvalue weighted by molar-refractivity contribution is 6.02. The standard InChI is InChI=1S/C13H15NO2/c1-3-5-9-10-8-13(16)14(4-2)11(10)6-7-12(9)15/h3,6-7,15H,1,4-5,8H2,2H3. The van der Waals surface area contributed by atoms with Gasteiger partial charge in [0.25, 0.3) is 0 Å². The number of aromatic hydroxyl groups is 1. The summed E-state index contributed by atoms with van der Waals surface area (Å²) < 4.78 is 0. The van der Waals surface area contributed by atoms with Gasteiger partial charge in [-0.3, -0.25) is 4.79 Å². The van der Waals surface area contributed by atoms with Gasteiger partial charge in [-0.25, -0.2) is 0 Å². The summed E-state index contributed by atoms with van der Waals surface area (Å²) in [7, 11) is 0. The number of phenolic OH excluding ortho intramolecular Hbond substituents is 1. The second kappa shape index (κ2) is 4.00. The summed E-state index contributed by atoms with van der Waals surface area (Å²) in [5.41, 5.74) is 2.71. The molecule has 3 nitrogen and oxygen atoms in total. The molecule has 0 saturated heterocycles. The molecule has 0 unspecified atom stereocenters. The molecular formula is C13H15NO2. The number of allylic oxidation sites excluding steroid dienone is 1. The van der Waals surface area contributed by atoms with Gasteiger partial charge in [0.05, 0.1) is 6.42 Å². The van der Waals surface area contributed by atoms with E-state index in [-0.39, 0.29) is 11.7 Å². The van der Waals surface area contributed by atoms with E-state index in [4.69, 9.17) is 0 Å². The lowest BCUT2D eigenvalue weighted by atomic mass is 10.0. The summed E-state index contributed by atoms with van der Waals surface area (Å²) >= 11 is 0. The number of phenols is 1. The average Bonchev–Trinajstić information content (AvgIpc) is 2.58. The molecule has 0 aliphatic carbocycles. The molecule has 0 radical (unpaired) electrons. The lowest BCUT2D eigenvalue weighted by molar-refractivity contribution is -0.117. The molecule has 1 N–H and O–H groups in total. The van der Waals surface area contributed by atoms with E-state index in [1.807, 2.05) is 13.0 Å². The molecule has 3 heteroatoms. The van der Waals surface area contributed by atoms with Crippen LogP contribution in [0.2, 0.25) is 0 Å². The molecule has 0 spiro atoms. The third-order valence-electron chi connectivity index (χ3n) is 2.97. The van der Waals surface area contributed by atoms with Crippen LogP contribution >= 0.6 is 0 Å². The Bertz CT molecular complexity index is 451. The molecule has 0 bridgehead atoms. The van der Waals surface area contributed by atoms with Gasteiger partial charge in [0.15, 0.2) is 0 Å². The molecule has 2 rings (SSSR count). The number of amides is 1. The molecule has 1 amide bonds. The van der Waals surface area contributed by atoms with Crippen LogP contribution in [0.4, 0.5) is 5.69 Å². The van der Waals surface area contributed by atoms with Gasteiger partial charge in [-0.1, -0.05) is 6.08 Å². The topological polar surface area (TPSA) is 40.5 Å². The molecule has 16 heavy (non-hydrogen) atoms. The molecule has 1 heterocycles. The summed E-state index contributed by atoms with van der Waals surface area (Å²) in [5, 5.41) is 9.77. The predicted molar refractivity (Wildman–Crippen MR) is 63.7 cm³/mol. The Morgan fingerprint density at radius 1 is 1.56 bits per heavy atom. The Kier molecular flexibility index (Phi) is 2.69. The zero-order valence-electron chi connectivity index (χ0n) is 9.36. The molecule has 1 aromatic carbocycles. The van der Waals surface area contributed by atoms with E-state index < -0.39 is 0 Å². The van der Waals surface area contributed by atoms with Crippen LogP contribution in [-0.4, -0.2) is 17.6 Å². The average molecular weight is 217 g/mol. The quantitative estimate of drug-likeness (QED) is 0.787. The summed E-state index contributed by atoms with van der Waals surface area (Å²) in [6, 6.07) is 3.46. The van der Waals surface area contributed by atoms with E-state index in [0.29, 0.717) is 19.4 Å². The normalized spacial score (nSPS) is 14.1. The third-order valence-corrected chi connectivity index (χ3v) is 2.97. The number of carbonyl (C=O) groups excluding carboxylic acids is 1. The first-order valence-corrected chi connectivity index (χ1v) is 5.44. The van der Waals surface area contributed by atoms with Crippen LogP contribution in [0, 0.1) is 0 Å². The molecule has 1 aliphatic heterocycles. The van der Waals surface area contributed by atoms with Gasteiger partial charge in [0.2, 0.25) is 5.91 Å². The van der Waals surface area contributed by atoms with E-state index in [9.17, 15) is 9.90 Å². The molecule has 1 aliphatic rings. The van der Waals surface area contributed by atoms with Crippen molar-refractivity contribution in [3.63, 3.8) is 0 Å². The first kappa shape index (κ1) is 10.7. The lowest BCUT2D eigenvalue weighted by Gasteiger charge is -2.15. The van der Waals surface area contributed by atoms with Crippen molar-refractivity contribution in [2.75, 3.05) is 11.4 Å². The van der Waals surface area contributed by atoms with Gasteiger partial charge in [-0.05, 0) is 31.0 Å². The molecule has 0 aromatic heterocycles. The predicted octanol–water partition coefficient (Wildman–Crippen LogP) is 2.03. The Balaban J connectivity index is 2.55. The van der Waals surface area contributed by atoms with E-state index in [1.54, 1.807) is 17.0 Å². The summed E-state index contributed by atoms with van der Waals surface area (Å²) in [6.45, 7) is 6.29. The van der Waals surface area contributed by atoms with Gasteiger partial charge < -0.3 is 10.0 Å². The van der Waals surface area contributed by atoms with Crippen LogP contribution < -0.4 is 4.90 Å². The van der Waals surface area contributed by atoms with Crippen LogP contribution in [0.25, 0.3) is 0 Å². The maximum Gasteiger partial charge on any atom is 0.231 e. The fourth-order valence-electron chi connectivity index (χ4n) is 2.22. The van der Waals surface area contributed by atoms with Gasteiger partial charge in [-0.15, -0.1) is 6.58 Å². The van der Waals surface area contributed by atoms with Crippen molar-refractivity contribution in [2.24, 2.45) is 0 Å². The van der Waals surface area contributed by atoms with Crippen molar-refractivity contribution in [2.45, 2.75) is 19.8 Å². The number of benzene rings is 1. The number of nitrogens with zero attached hydrogens (tertiary/aromatic N) is 1. The third kappa shape index (κ3) is 1.48. The van der Waals surface area contributed by atoms with Gasteiger partial charge in [-0.2, -0.15) is 0 Å². The highest BCUT2D eigenvalue weighted by Crippen LogP contribution is 2.36. The second-order valence-corrected chi connectivity index (χ2v) is 3.87. The number of likely N-dealkylation sites (N-methyl/N-ethyl adjacent to an activating group) is 1. The fourth-order valence-corrected chi connectivity index (χ4v) is 2.22. The summed E-state index contributed by atoms with van der Waals surface area (Å²) in [6.07, 6.45) is 2.73. The SMILES string of the molecule is C=CCc1c(O)ccc2c1CC(=O)N2CC.